The van der Waals surface area contributed by atoms with Crippen molar-refractivity contribution in [3.8, 4) is 5.75 Å². The molecule has 0 unspecified atom stereocenters. The van der Waals surface area contributed by atoms with Gasteiger partial charge in [-0.2, -0.15) is 5.10 Å². The standard InChI is InChI=1S/C20H18N4O3/c25-18(13-5-6-16-14(11-13)12-22-23-16)24-19(26)15-3-1-2-4-17(15)27-20(24)7-9-21-10-8-20/h1-6,11-12,21H,7-10H2,(H,22,23). The highest BCUT2D eigenvalue weighted by molar-refractivity contribution is 6.13. The molecule has 0 radical (unpaired) electrons. The number of carbonyl (C=O) groups excluding carboxylic acids is 2. The smallest absolute Gasteiger partial charge is 0.267 e. The molecule has 2 N–H and O–H groups in total. The summed E-state index contributed by atoms with van der Waals surface area (Å²) in [6, 6.07) is 12.4. The number of nitrogens with one attached hydrogen (secondary N) is 2. The third-order valence-electron chi connectivity index (χ3n) is 5.30. The zero-order valence-electron chi connectivity index (χ0n) is 14.6. The van der Waals surface area contributed by atoms with Gasteiger partial charge in [0.15, 0.2) is 5.72 Å². The van der Waals surface area contributed by atoms with Gasteiger partial charge in [-0.3, -0.25) is 14.7 Å². The third kappa shape index (κ3) is 2.43. The van der Waals surface area contributed by atoms with E-state index in [0.717, 1.165) is 10.9 Å². The maximum absolute atomic E-state index is 13.4. The molecule has 2 amide bonds. The average Bonchev–Trinajstić information content (AvgIpc) is 3.16. The van der Waals surface area contributed by atoms with Gasteiger partial charge in [0.2, 0.25) is 0 Å². The van der Waals surface area contributed by atoms with Crippen LogP contribution in [0.5, 0.6) is 5.75 Å². The van der Waals surface area contributed by atoms with Gasteiger partial charge < -0.3 is 10.1 Å². The number of nitrogens with zero attached hydrogens (tertiary/aromatic N) is 2. The van der Waals surface area contributed by atoms with Crippen LogP contribution in [0.1, 0.15) is 33.6 Å². The van der Waals surface area contributed by atoms with Gasteiger partial charge in [-0.05, 0) is 30.3 Å². The lowest BCUT2D eigenvalue weighted by molar-refractivity contribution is -0.0776. The fourth-order valence-corrected chi connectivity index (χ4v) is 3.91. The molecule has 27 heavy (non-hydrogen) atoms. The average molecular weight is 362 g/mol. The van der Waals surface area contributed by atoms with Crippen LogP contribution in [0.2, 0.25) is 0 Å². The first-order valence-electron chi connectivity index (χ1n) is 8.99. The summed E-state index contributed by atoms with van der Waals surface area (Å²) in [5, 5.41) is 11.0. The van der Waals surface area contributed by atoms with Crippen LogP contribution in [0, 0.1) is 0 Å². The van der Waals surface area contributed by atoms with Gasteiger partial charge in [0.05, 0.1) is 17.3 Å². The second-order valence-corrected chi connectivity index (χ2v) is 6.91. The second kappa shape index (κ2) is 5.92. The summed E-state index contributed by atoms with van der Waals surface area (Å²) in [7, 11) is 0. The Balaban J connectivity index is 1.62. The molecule has 0 aliphatic carbocycles. The van der Waals surface area contributed by atoms with Gasteiger partial charge in [-0.1, -0.05) is 12.1 Å². The summed E-state index contributed by atoms with van der Waals surface area (Å²) < 4.78 is 6.28. The molecule has 7 nitrogen and oxygen atoms in total. The zero-order chi connectivity index (χ0) is 18.4. The maximum atomic E-state index is 13.4. The minimum Gasteiger partial charge on any atom is -0.466 e. The number of aromatic amines is 1. The van der Waals surface area contributed by atoms with Crippen LogP contribution in [0.25, 0.3) is 10.9 Å². The molecule has 7 heteroatoms. The number of imide groups is 1. The number of ether oxygens (including phenoxy) is 1. The summed E-state index contributed by atoms with van der Waals surface area (Å²) in [4.78, 5) is 28.1. The van der Waals surface area contributed by atoms with Crippen molar-refractivity contribution < 1.29 is 14.3 Å². The highest BCUT2D eigenvalue weighted by atomic mass is 16.5. The monoisotopic (exact) mass is 362 g/mol. The number of rotatable bonds is 1. The maximum Gasteiger partial charge on any atom is 0.267 e. The lowest BCUT2D eigenvalue weighted by Crippen LogP contribution is -2.64. The molecule has 3 heterocycles. The van der Waals surface area contributed by atoms with E-state index in [1.165, 1.54) is 4.90 Å². The first kappa shape index (κ1) is 16.0. The summed E-state index contributed by atoms with van der Waals surface area (Å²) in [6.07, 6.45) is 2.76. The molecular formula is C20H18N4O3. The number of fused-ring (bicyclic) bond motifs is 2. The van der Waals surface area contributed by atoms with Gasteiger partial charge in [0.1, 0.15) is 5.75 Å². The van der Waals surface area contributed by atoms with E-state index in [9.17, 15) is 9.59 Å². The number of hydrogen-bond donors (Lipinski definition) is 2. The van der Waals surface area contributed by atoms with E-state index in [0.29, 0.717) is 42.8 Å². The van der Waals surface area contributed by atoms with Crippen LogP contribution in [-0.4, -0.2) is 45.7 Å². The number of para-hydroxylation sites is 1. The van der Waals surface area contributed by atoms with Crippen LogP contribution in [0.15, 0.2) is 48.7 Å². The van der Waals surface area contributed by atoms with Gasteiger partial charge in [0, 0.05) is 36.9 Å². The van der Waals surface area contributed by atoms with Crippen molar-refractivity contribution in [3.05, 3.63) is 59.8 Å². The number of aromatic nitrogens is 2. The summed E-state index contributed by atoms with van der Waals surface area (Å²) >= 11 is 0. The molecule has 2 aromatic carbocycles. The number of benzene rings is 2. The van der Waals surface area contributed by atoms with E-state index in [-0.39, 0.29) is 11.8 Å². The van der Waals surface area contributed by atoms with Crippen molar-refractivity contribution in [3.63, 3.8) is 0 Å². The molecule has 1 spiro atoms. The largest absolute Gasteiger partial charge is 0.466 e. The molecule has 3 aromatic rings. The predicted molar refractivity (Wildman–Crippen MR) is 98.5 cm³/mol. The first-order chi connectivity index (χ1) is 13.2. The molecule has 2 aliphatic rings. The fourth-order valence-electron chi connectivity index (χ4n) is 3.91. The fraction of sp³-hybridized carbons (Fsp3) is 0.250. The van der Waals surface area contributed by atoms with E-state index in [1.54, 1.807) is 42.6 Å². The summed E-state index contributed by atoms with van der Waals surface area (Å²) in [5.41, 5.74) is 0.742. The quantitative estimate of drug-likeness (QED) is 0.649. The Hall–Kier alpha value is -3.19. The normalized spacial score (nSPS) is 18.4. The van der Waals surface area contributed by atoms with Gasteiger partial charge in [-0.15, -0.1) is 0 Å². The topological polar surface area (TPSA) is 87.3 Å². The minimum absolute atomic E-state index is 0.309. The highest BCUT2D eigenvalue weighted by Crippen LogP contribution is 2.39. The zero-order valence-corrected chi connectivity index (χ0v) is 14.6. The SMILES string of the molecule is O=C(c1ccc2[nH]ncc2c1)N1C(=O)c2ccccc2OC12CCNCC2. The highest BCUT2D eigenvalue weighted by Gasteiger charge is 2.50. The molecule has 0 bridgehead atoms. The molecule has 1 saturated heterocycles. The molecule has 2 aliphatic heterocycles. The Morgan fingerprint density at radius 1 is 1.15 bits per heavy atom. The van der Waals surface area contributed by atoms with Crippen molar-refractivity contribution in [2.45, 2.75) is 18.6 Å². The van der Waals surface area contributed by atoms with Crippen molar-refractivity contribution in [2.75, 3.05) is 13.1 Å². The Morgan fingerprint density at radius 2 is 1.96 bits per heavy atom. The van der Waals surface area contributed by atoms with Crippen LogP contribution in [0.4, 0.5) is 0 Å². The van der Waals surface area contributed by atoms with Crippen molar-refractivity contribution in [1.29, 1.82) is 0 Å². The molecule has 1 fully saturated rings. The van der Waals surface area contributed by atoms with Gasteiger partial charge in [-0.25, -0.2) is 4.90 Å². The van der Waals surface area contributed by atoms with Crippen molar-refractivity contribution >= 4 is 22.7 Å². The summed E-state index contributed by atoms with van der Waals surface area (Å²) in [6.45, 7) is 1.36. The molecule has 0 saturated carbocycles. The molecule has 0 atom stereocenters. The Labute approximate surface area is 155 Å². The number of hydrogen-bond acceptors (Lipinski definition) is 5. The summed E-state index contributed by atoms with van der Waals surface area (Å²) in [5.74, 6) is -0.116. The minimum atomic E-state index is -0.959. The molecular weight excluding hydrogens is 344 g/mol. The van der Waals surface area contributed by atoms with Gasteiger partial charge >= 0.3 is 0 Å². The number of H-pyrrole nitrogens is 1. The van der Waals surface area contributed by atoms with Gasteiger partial charge in [0.25, 0.3) is 11.8 Å². The Morgan fingerprint density at radius 3 is 2.81 bits per heavy atom. The van der Waals surface area contributed by atoms with Crippen molar-refractivity contribution in [1.82, 2.24) is 20.4 Å². The van der Waals surface area contributed by atoms with E-state index < -0.39 is 5.72 Å². The lowest BCUT2D eigenvalue weighted by atomic mass is 9.94. The van der Waals surface area contributed by atoms with E-state index >= 15 is 0 Å². The first-order valence-corrected chi connectivity index (χ1v) is 8.99. The van der Waals surface area contributed by atoms with Crippen LogP contribution in [-0.2, 0) is 0 Å². The predicted octanol–water partition coefficient (Wildman–Crippen LogP) is 2.32. The van der Waals surface area contributed by atoms with E-state index in [4.69, 9.17) is 4.74 Å². The lowest BCUT2D eigenvalue weighted by Gasteiger charge is -2.47. The molecule has 5 rings (SSSR count). The number of carbonyl (C=O) groups is 2. The number of piperidine rings is 1. The van der Waals surface area contributed by atoms with E-state index in [2.05, 4.69) is 15.5 Å². The second-order valence-electron chi connectivity index (χ2n) is 6.91. The van der Waals surface area contributed by atoms with E-state index in [1.807, 2.05) is 6.07 Å². The Bertz CT molecular complexity index is 1050. The molecule has 136 valence electrons. The van der Waals surface area contributed by atoms with Crippen LogP contribution < -0.4 is 10.1 Å². The molecule has 1 aromatic heterocycles. The van der Waals surface area contributed by atoms with Crippen LogP contribution in [0.3, 0.4) is 0 Å². The Kier molecular flexibility index (Phi) is 3.51. The van der Waals surface area contributed by atoms with Crippen molar-refractivity contribution in [2.24, 2.45) is 0 Å². The van der Waals surface area contributed by atoms with Crippen LogP contribution >= 0.6 is 0 Å². The third-order valence-corrected chi connectivity index (χ3v) is 5.30. The number of amides is 2.